The van der Waals surface area contributed by atoms with Crippen molar-refractivity contribution in [1.82, 2.24) is 10.6 Å². The van der Waals surface area contributed by atoms with E-state index in [0.717, 1.165) is 5.56 Å². The maximum Gasteiger partial charge on any atom is 0.243 e. The summed E-state index contributed by atoms with van der Waals surface area (Å²) in [6.45, 7) is 1.93. The Morgan fingerprint density at radius 2 is 2.26 bits per heavy atom. The molecule has 1 heterocycles. The number of nitrogens with one attached hydrogen (secondary N) is 2. The van der Waals surface area contributed by atoms with Gasteiger partial charge in [-0.15, -0.1) is 0 Å². The molecule has 1 aliphatic heterocycles. The van der Waals surface area contributed by atoms with Crippen molar-refractivity contribution < 1.29 is 9.59 Å². The highest BCUT2D eigenvalue weighted by molar-refractivity contribution is 6.00. The zero-order valence-corrected chi connectivity index (χ0v) is 10.6. The number of carbonyl (C=O) groups is 2. The smallest absolute Gasteiger partial charge is 0.243 e. The molecule has 0 bridgehead atoms. The highest BCUT2D eigenvalue weighted by atomic mass is 16.2. The molecular weight excluding hydrogens is 242 g/mol. The maximum absolute atomic E-state index is 11.6. The first-order valence-electron chi connectivity index (χ1n) is 6.20. The summed E-state index contributed by atoms with van der Waals surface area (Å²) in [5.74, 6) is -0.498. The first kappa shape index (κ1) is 13.2. The molecule has 5 heteroatoms. The molecule has 5 nitrogen and oxygen atoms in total. The molecule has 2 rings (SSSR count). The average molecular weight is 257 g/mol. The van der Waals surface area contributed by atoms with Crippen molar-refractivity contribution in [2.75, 3.05) is 0 Å². The number of benzene rings is 1. The topological polar surface area (TPSA) is 82.0 Å². The van der Waals surface area contributed by atoms with E-state index in [-0.39, 0.29) is 23.9 Å². The van der Waals surface area contributed by atoms with E-state index in [9.17, 15) is 9.59 Å². The van der Waals surface area contributed by atoms with Gasteiger partial charge in [0.25, 0.3) is 0 Å². The standard InChI is InChI=1S/C14H15N3O2/c1-9(11-4-2-3-10(7-11)8-15)16-12-5-6-13(18)17-14(12)19/h2-4,7,9,12,16H,5-6H2,1H3,(H,17,18,19). The molecule has 1 aromatic rings. The summed E-state index contributed by atoms with van der Waals surface area (Å²) in [5.41, 5.74) is 1.54. The first-order valence-corrected chi connectivity index (χ1v) is 6.20. The molecule has 2 amide bonds. The fraction of sp³-hybridized carbons (Fsp3) is 0.357. The predicted molar refractivity (Wildman–Crippen MR) is 68.9 cm³/mol. The third kappa shape index (κ3) is 3.18. The summed E-state index contributed by atoms with van der Waals surface area (Å²) in [6.07, 6.45) is 0.862. The first-order chi connectivity index (χ1) is 9.10. The molecule has 2 N–H and O–H groups in total. The molecular formula is C14H15N3O2. The van der Waals surface area contributed by atoms with Crippen molar-refractivity contribution in [2.45, 2.75) is 31.8 Å². The Labute approximate surface area is 111 Å². The average Bonchev–Trinajstić information content (AvgIpc) is 2.42. The molecule has 19 heavy (non-hydrogen) atoms. The summed E-state index contributed by atoms with van der Waals surface area (Å²) in [6, 6.07) is 8.92. The van der Waals surface area contributed by atoms with E-state index in [4.69, 9.17) is 5.26 Å². The van der Waals surface area contributed by atoms with E-state index in [2.05, 4.69) is 16.7 Å². The molecule has 2 unspecified atom stereocenters. The van der Waals surface area contributed by atoms with Gasteiger partial charge in [-0.25, -0.2) is 0 Å². The zero-order valence-electron chi connectivity index (χ0n) is 10.6. The SMILES string of the molecule is CC(NC1CCC(=O)NC1=O)c1cccc(C#N)c1. The number of carbonyl (C=O) groups excluding carboxylic acids is 2. The Bertz CT molecular complexity index is 548. The number of piperidine rings is 1. The number of nitriles is 1. The Kier molecular flexibility index (Phi) is 3.93. The van der Waals surface area contributed by atoms with Crippen LogP contribution < -0.4 is 10.6 Å². The monoisotopic (exact) mass is 257 g/mol. The van der Waals surface area contributed by atoms with Crippen molar-refractivity contribution >= 4 is 11.8 Å². The summed E-state index contributed by atoms with van der Waals surface area (Å²) in [4.78, 5) is 22.7. The van der Waals surface area contributed by atoms with Gasteiger partial charge in [-0.05, 0) is 31.0 Å². The van der Waals surface area contributed by atoms with Crippen LogP contribution in [0.15, 0.2) is 24.3 Å². The van der Waals surface area contributed by atoms with Crippen molar-refractivity contribution in [3.05, 3.63) is 35.4 Å². The number of rotatable bonds is 3. The van der Waals surface area contributed by atoms with Crippen molar-refractivity contribution in [3.8, 4) is 6.07 Å². The molecule has 1 fully saturated rings. The molecule has 1 aromatic carbocycles. The van der Waals surface area contributed by atoms with Crippen LogP contribution in [0.25, 0.3) is 0 Å². The van der Waals surface area contributed by atoms with Gasteiger partial charge in [0.15, 0.2) is 0 Å². The highest BCUT2D eigenvalue weighted by Crippen LogP contribution is 2.16. The lowest BCUT2D eigenvalue weighted by atomic mass is 10.0. The van der Waals surface area contributed by atoms with Crippen LogP contribution >= 0.6 is 0 Å². The molecule has 0 radical (unpaired) electrons. The van der Waals surface area contributed by atoms with E-state index in [1.54, 1.807) is 12.1 Å². The fourth-order valence-electron chi connectivity index (χ4n) is 2.13. The van der Waals surface area contributed by atoms with Crippen LogP contribution in [-0.2, 0) is 9.59 Å². The number of nitrogens with zero attached hydrogens (tertiary/aromatic N) is 1. The Morgan fingerprint density at radius 3 is 2.95 bits per heavy atom. The third-order valence-electron chi connectivity index (χ3n) is 3.21. The van der Waals surface area contributed by atoms with Crippen LogP contribution in [0.5, 0.6) is 0 Å². The van der Waals surface area contributed by atoms with Crippen molar-refractivity contribution in [3.63, 3.8) is 0 Å². The molecule has 0 saturated carbocycles. The Morgan fingerprint density at radius 1 is 1.47 bits per heavy atom. The summed E-state index contributed by atoms with van der Waals surface area (Å²) in [5, 5.41) is 14.4. The number of hydrogen-bond acceptors (Lipinski definition) is 4. The second kappa shape index (κ2) is 5.63. The quantitative estimate of drug-likeness (QED) is 0.792. The van der Waals surface area contributed by atoms with Crippen LogP contribution in [0.3, 0.4) is 0 Å². The fourth-order valence-corrected chi connectivity index (χ4v) is 2.13. The number of amides is 2. The lowest BCUT2D eigenvalue weighted by Crippen LogP contribution is -2.51. The van der Waals surface area contributed by atoms with Gasteiger partial charge in [-0.2, -0.15) is 5.26 Å². The van der Waals surface area contributed by atoms with Gasteiger partial charge in [0.2, 0.25) is 11.8 Å². The predicted octanol–water partition coefficient (Wildman–Crippen LogP) is 1.01. The van der Waals surface area contributed by atoms with Crippen LogP contribution in [0.1, 0.15) is 36.9 Å². The van der Waals surface area contributed by atoms with E-state index >= 15 is 0 Å². The Hall–Kier alpha value is -2.19. The minimum Gasteiger partial charge on any atom is -0.299 e. The maximum atomic E-state index is 11.6. The summed E-state index contributed by atoms with van der Waals surface area (Å²) in [7, 11) is 0. The van der Waals surface area contributed by atoms with Crippen LogP contribution in [0.4, 0.5) is 0 Å². The second-order valence-corrected chi connectivity index (χ2v) is 4.63. The normalized spacial score (nSPS) is 20.5. The second-order valence-electron chi connectivity index (χ2n) is 4.63. The minimum atomic E-state index is -0.363. The van der Waals surface area contributed by atoms with Gasteiger partial charge in [0, 0.05) is 12.5 Å². The lowest BCUT2D eigenvalue weighted by molar-refractivity contribution is -0.134. The molecule has 0 aliphatic carbocycles. The third-order valence-corrected chi connectivity index (χ3v) is 3.21. The van der Waals surface area contributed by atoms with Crippen LogP contribution in [0.2, 0.25) is 0 Å². The number of imide groups is 1. The number of hydrogen-bond donors (Lipinski definition) is 2. The minimum absolute atomic E-state index is 0.0581. The van der Waals surface area contributed by atoms with Gasteiger partial charge in [0.05, 0.1) is 17.7 Å². The highest BCUT2D eigenvalue weighted by Gasteiger charge is 2.27. The van der Waals surface area contributed by atoms with Gasteiger partial charge in [-0.1, -0.05) is 12.1 Å². The summed E-state index contributed by atoms with van der Waals surface area (Å²) >= 11 is 0. The molecule has 1 aliphatic rings. The van der Waals surface area contributed by atoms with Gasteiger partial charge < -0.3 is 0 Å². The van der Waals surface area contributed by atoms with Gasteiger partial charge in [0.1, 0.15) is 0 Å². The van der Waals surface area contributed by atoms with Gasteiger partial charge >= 0.3 is 0 Å². The van der Waals surface area contributed by atoms with E-state index in [0.29, 0.717) is 18.4 Å². The molecule has 0 aromatic heterocycles. The van der Waals surface area contributed by atoms with E-state index in [1.165, 1.54) is 0 Å². The van der Waals surface area contributed by atoms with Crippen molar-refractivity contribution in [2.24, 2.45) is 0 Å². The zero-order chi connectivity index (χ0) is 13.8. The van der Waals surface area contributed by atoms with Crippen LogP contribution in [0, 0.1) is 11.3 Å². The molecule has 0 spiro atoms. The van der Waals surface area contributed by atoms with E-state index < -0.39 is 0 Å². The molecule has 98 valence electrons. The molecule has 1 saturated heterocycles. The van der Waals surface area contributed by atoms with Gasteiger partial charge in [-0.3, -0.25) is 20.2 Å². The molecule has 2 atom stereocenters. The largest absolute Gasteiger partial charge is 0.299 e. The summed E-state index contributed by atoms with van der Waals surface area (Å²) < 4.78 is 0. The lowest BCUT2D eigenvalue weighted by Gasteiger charge is -2.25. The van der Waals surface area contributed by atoms with Crippen molar-refractivity contribution in [1.29, 1.82) is 5.26 Å². The van der Waals surface area contributed by atoms with Crippen LogP contribution in [-0.4, -0.2) is 17.9 Å². The Balaban J connectivity index is 2.04. The van der Waals surface area contributed by atoms with E-state index in [1.807, 2.05) is 19.1 Å².